The van der Waals surface area contributed by atoms with Crippen molar-refractivity contribution in [1.29, 1.82) is 0 Å². The number of hydrogen-bond donors (Lipinski definition) is 1. The Balaban J connectivity index is 1.71. The molecule has 0 aliphatic carbocycles. The summed E-state index contributed by atoms with van der Waals surface area (Å²) < 4.78 is 1.50. The number of halogens is 4. The summed E-state index contributed by atoms with van der Waals surface area (Å²) in [5.74, 6) is 0.632. The van der Waals surface area contributed by atoms with Crippen molar-refractivity contribution in [3.8, 4) is 0 Å². The number of rotatable bonds is 3. The van der Waals surface area contributed by atoms with Gasteiger partial charge >= 0.3 is 5.69 Å². The lowest BCUT2D eigenvalue weighted by molar-refractivity contribution is 0.728. The number of fused-ring (bicyclic) bond motifs is 1. The van der Waals surface area contributed by atoms with Gasteiger partial charge in [0.25, 0.3) is 0 Å². The second-order valence-corrected chi connectivity index (χ2v) is 7.41. The molecule has 0 spiro atoms. The highest BCUT2D eigenvalue weighted by Gasteiger charge is 2.25. The largest absolute Gasteiger partial charge is 0.353 e. The fourth-order valence-electron chi connectivity index (χ4n) is 2.77. The van der Waals surface area contributed by atoms with Gasteiger partial charge in [0.05, 0.1) is 20.1 Å². The smallest absolute Gasteiger partial charge is 0.324 e. The zero-order chi connectivity index (χ0) is 19.1. The molecule has 0 fully saturated rings. The molecule has 10 heteroatoms. The first-order valence-electron chi connectivity index (χ1n) is 7.86. The minimum absolute atomic E-state index is 0.164. The maximum Gasteiger partial charge on any atom is 0.353 e. The molecule has 1 aliphatic rings. The minimum Gasteiger partial charge on any atom is -0.324 e. The van der Waals surface area contributed by atoms with E-state index in [2.05, 4.69) is 15.3 Å². The van der Waals surface area contributed by atoms with Crippen LogP contribution in [-0.2, 0) is 6.54 Å². The van der Waals surface area contributed by atoms with E-state index in [4.69, 9.17) is 46.4 Å². The van der Waals surface area contributed by atoms with Gasteiger partial charge in [-0.3, -0.25) is 4.57 Å². The van der Waals surface area contributed by atoms with Crippen LogP contribution < -0.4 is 15.9 Å². The monoisotopic (exact) mass is 441 g/mol. The molecule has 2 heterocycles. The molecule has 3 aromatic rings. The van der Waals surface area contributed by atoms with Crippen LogP contribution in [0.25, 0.3) is 0 Å². The molecule has 6 nitrogen and oxygen atoms in total. The lowest BCUT2D eigenvalue weighted by Gasteiger charge is -2.18. The first kappa shape index (κ1) is 18.4. The van der Waals surface area contributed by atoms with E-state index in [1.54, 1.807) is 30.3 Å². The van der Waals surface area contributed by atoms with Crippen molar-refractivity contribution < 1.29 is 0 Å². The number of anilines is 4. The van der Waals surface area contributed by atoms with Gasteiger partial charge in [-0.15, -0.1) is 0 Å². The molecule has 0 radical (unpaired) electrons. The van der Waals surface area contributed by atoms with Crippen LogP contribution in [0.5, 0.6) is 0 Å². The van der Waals surface area contributed by atoms with Gasteiger partial charge in [-0.2, -0.15) is 9.97 Å². The molecule has 0 atom stereocenters. The van der Waals surface area contributed by atoms with Crippen LogP contribution in [0.3, 0.4) is 0 Å². The molecule has 138 valence electrons. The number of aromatic nitrogens is 3. The Morgan fingerprint density at radius 1 is 0.852 bits per heavy atom. The average molecular weight is 443 g/mol. The van der Waals surface area contributed by atoms with Crippen LogP contribution in [0.1, 0.15) is 0 Å². The molecule has 4 rings (SSSR count). The van der Waals surface area contributed by atoms with E-state index in [1.165, 1.54) is 4.57 Å². The molecule has 27 heavy (non-hydrogen) atoms. The molecule has 1 aliphatic heterocycles. The van der Waals surface area contributed by atoms with Gasteiger partial charge in [0.15, 0.2) is 0 Å². The van der Waals surface area contributed by atoms with E-state index < -0.39 is 5.69 Å². The van der Waals surface area contributed by atoms with Gasteiger partial charge in [-0.1, -0.05) is 46.4 Å². The van der Waals surface area contributed by atoms with Crippen molar-refractivity contribution >= 4 is 69.7 Å². The maximum absolute atomic E-state index is 12.4. The highest BCUT2D eigenvalue weighted by molar-refractivity contribution is 6.42. The lowest BCUT2D eigenvalue weighted by atomic mass is 10.3. The average Bonchev–Trinajstić information content (AvgIpc) is 3.05. The van der Waals surface area contributed by atoms with Crippen molar-refractivity contribution in [2.45, 2.75) is 6.54 Å². The Hall–Kier alpha value is -1.99. The topological polar surface area (TPSA) is 63.1 Å². The van der Waals surface area contributed by atoms with Crippen molar-refractivity contribution in [2.24, 2.45) is 0 Å². The molecular weight excluding hydrogens is 432 g/mol. The van der Waals surface area contributed by atoms with Crippen LogP contribution in [0.15, 0.2) is 41.2 Å². The van der Waals surface area contributed by atoms with Gasteiger partial charge in [-0.05, 0) is 36.4 Å². The summed E-state index contributed by atoms with van der Waals surface area (Å²) in [6.45, 7) is 1.04. The third-order valence-corrected chi connectivity index (χ3v) is 5.54. The standard InChI is InChI=1S/C17H11Cl4N5O/c18-11-3-1-9(7-13(11)20)22-15-23-16-25(5-6-26(16)17(27)24-15)10-2-4-12(19)14(21)8-10/h1-4,7-8H,5-6H2,(H,22,24,27). The Kier molecular flexibility index (Phi) is 4.90. The van der Waals surface area contributed by atoms with Crippen LogP contribution in [0, 0.1) is 0 Å². The highest BCUT2D eigenvalue weighted by Crippen LogP contribution is 2.33. The molecule has 2 aromatic carbocycles. The van der Waals surface area contributed by atoms with Crippen molar-refractivity contribution in [1.82, 2.24) is 14.5 Å². The first-order valence-corrected chi connectivity index (χ1v) is 9.37. The second-order valence-electron chi connectivity index (χ2n) is 5.79. The second kappa shape index (κ2) is 7.20. The summed E-state index contributed by atoms with van der Waals surface area (Å²) in [6.07, 6.45) is 0. The van der Waals surface area contributed by atoms with Crippen molar-refractivity contribution in [3.63, 3.8) is 0 Å². The number of hydrogen-bond acceptors (Lipinski definition) is 5. The molecule has 1 aromatic heterocycles. The SMILES string of the molecule is O=c1nc(Nc2ccc(Cl)c(Cl)c2)nc2n1CCN2c1ccc(Cl)c(Cl)c1. The number of nitrogens with one attached hydrogen (secondary N) is 1. The maximum atomic E-state index is 12.4. The quantitative estimate of drug-likeness (QED) is 0.607. The van der Waals surface area contributed by atoms with Gasteiger partial charge in [0, 0.05) is 24.5 Å². The fraction of sp³-hybridized carbons (Fsp3) is 0.118. The zero-order valence-electron chi connectivity index (χ0n) is 13.6. The number of nitrogens with zero attached hydrogens (tertiary/aromatic N) is 4. The third-order valence-electron chi connectivity index (χ3n) is 4.06. The van der Waals surface area contributed by atoms with E-state index in [0.29, 0.717) is 44.8 Å². The van der Waals surface area contributed by atoms with Crippen molar-refractivity contribution in [2.75, 3.05) is 16.8 Å². The molecule has 0 bridgehead atoms. The van der Waals surface area contributed by atoms with E-state index in [1.807, 2.05) is 11.0 Å². The first-order chi connectivity index (χ1) is 12.9. The predicted octanol–water partition coefficient (Wildman–Crippen LogP) is 5.15. The highest BCUT2D eigenvalue weighted by atomic mass is 35.5. The van der Waals surface area contributed by atoms with Gasteiger partial charge in [0.2, 0.25) is 11.9 Å². The Labute approximate surface area is 174 Å². The summed E-state index contributed by atoms with van der Waals surface area (Å²) in [5.41, 5.74) is 1.01. The summed E-state index contributed by atoms with van der Waals surface area (Å²) in [5, 5.41) is 4.69. The van der Waals surface area contributed by atoms with Gasteiger partial charge < -0.3 is 10.2 Å². The zero-order valence-corrected chi connectivity index (χ0v) is 16.6. The van der Waals surface area contributed by atoms with Crippen LogP contribution in [-0.4, -0.2) is 21.1 Å². The Morgan fingerprint density at radius 3 is 2.26 bits per heavy atom. The summed E-state index contributed by atoms with van der Waals surface area (Å²) in [7, 11) is 0. The van der Waals surface area contributed by atoms with E-state index in [0.717, 1.165) is 5.69 Å². The Morgan fingerprint density at radius 2 is 1.56 bits per heavy atom. The van der Waals surface area contributed by atoms with Crippen LogP contribution in [0.2, 0.25) is 20.1 Å². The lowest BCUT2D eigenvalue weighted by Crippen LogP contribution is -2.24. The van der Waals surface area contributed by atoms with E-state index >= 15 is 0 Å². The van der Waals surface area contributed by atoms with E-state index in [-0.39, 0.29) is 5.95 Å². The molecule has 0 unspecified atom stereocenters. The van der Waals surface area contributed by atoms with Crippen LogP contribution in [0.4, 0.5) is 23.3 Å². The molecule has 0 amide bonds. The summed E-state index contributed by atoms with van der Waals surface area (Å²) in [4.78, 5) is 22.7. The molecular formula is C17H11Cl4N5O. The minimum atomic E-state index is -0.398. The predicted molar refractivity (Wildman–Crippen MR) is 110 cm³/mol. The van der Waals surface area contributed by atoms with Gasteiger partial charge in [-0.25, -0.2) is 4.79 Å². The molecule has 0 saturated heterocycles. The third kappa shape index (κ3) is 3.58. The summed E-state index contributed by atoms with van der Waals surface area (Å²) >= 11 is 24.1. The Bertz CT molecular complexity index is 1100. The number of benzene rings is 2. The molecule has 1 N–H and O–H groups in total. The molecule has 0 saturated carbocycles. The van der Waals surface area contributed by atoms with E-state index in [9.17, 15) is 4.79 Å². The van der Waals surface area contributed by atoms with Crippen LogP contribution >= 0.6 is 46.4 Å². The van der Waals surface area contributed by atoms with Crippen molar-refractivity contribution in [3.05, 3.63) is 67.0 Å². The summed E-state index contributed by atoms with van der Waals surface area (Å²) in [6, 6.07) is 10.3. The normalized spacial score (nSPS) is 13.0. The van der Waals surface area contributed by atoms with Gasteiger partial charge in [0.1, 0.15) is 0 Å². The fourth-order valence-corrected chi connectivity index (χ4v) is 3.37.